The molecule has 3 N–H and O–H groups in total. The largest absolute Gasteiger partial charge is 0.493 e. The molecule has 0 bridgehead atoms. The zero-order valence-electron chi connectivity index (χ0n) is 15.5. The van der Waals surface area contributed by atoms with Gasteiger partial charge in [0.1, 0.15) is 6.04 Å². The molecule has 0 fully saturated rings. The number of aryl methyl sites for hydroxylation is 1. The number of hydrogen-bond donors (Lipinski definition) is 1. The van der Waals surface area contributed by atoms with Crippen molar-refractivity contribution in [1.29, 1.82) is 0 Å². The topological polar surface area (TPSA) is 81.6 Å². The van der Waals surface area contributed by atoms with E-state index in [1.54, 1.807) is 33.5 Å². The summed E-state index contributed by atoms with van der Waals surface area (Å²) in [4.78, 5) is 12.4. The van der Waals surface area contributed by atoms with E-state index in [1.807, 2.05) is 12.1 Å². The van der Waals surface area contributed by atoms with Crippen LogP contribution < -0.4 is 30.1 Å². The molecule has 1 aliphatic rings. The summed E-state index contributed by atoms with van der Waals surface area (Å²) in [5.41, 5.74) is 7.86. The minimum Gasteiger partial charge on any atom is -0.493 e. The molecule has 0 saturated carbocycles. The summed E-state index contributed by atoms with van der Waals surface area (Å²) in [5.74, 6) is 2.04. The van der Waals surface area contributed by atoms with Crippen LogP contribution >= 0.6 is 0 Å². The molecule has 0 aliphatic heterocycles. The van der Waals surface area contributed by atoms with Gasteiger partial charge in [0.15, 0.2) is 17.2 Å². The van der Waals surface area contributed by atoms with Crippen molar-refractivity contribution in [3.05, 3.63) is 45.6 Å². The number of benzene rings is 1. The molecular weight excluding hydrogens is 334 g/mol. The first kappa shape index (κ1) is 18.1. The van der Waals surface area contributed by atoms with Crippen LogP contribution in [-0.2, 0) is 6.42 Å². The minimum atomic E-state index is -0.162. The van der Waals surface area contributed by atoms with E-state index in [4.69, 9.17) is 18.9 Å². The SMILES string of the molecule is COc1cc2c(c(OC)c1OC)-c1ccc(OC)c(=O)cc1[C@@H]([NH3+])CC2. The highest BCUT2D eigenvalue weighted by molar-refractivity contribution is 5.82. The second-order valence-electron chi connectivity index (χ2n) is 6.19. The van der Waals surface area contributed by atoms with Crippen molar-refractivity contribution in [3.8, 4) is 34.1 Å². The van der Waals surface area contributed by atoms with Gasteiger partial charge in [-0.25, -0.2) is 0 Å². The van der Waals surface area contributed by atoms with E-state index in [0.717, 1.165) is 35.1 Å². The van der Waals surface area contributed by atoms with Gasteiger partial charge in [0, 0.05) is 17.5 Å². The molecule has 0 heterocycles. The highest BCUT2D eigenvalue weighted by atomic mass is 16.5. The molecular formula is C20H24NO5+. The quantitative estimate of drug-likeness (QED) is 0.904. The zero-order chi connectivity index (χ0) is 18.8. The van der Waals surface area contributed by atoms with Crippen LogP contribution in [0.15, 0.2) is 29.1 Å². The van der Waals surface area contributed by atoms with Crippen molar-refractivity contribution in [2.75, 3.05) is 28.4 Å². The van der Waals surface area contributed by atoms with E-state index in [1.165, 1.54) is 7.11 Å². The second-order valence-corrected chi connectivity index (χ2v) is 6.19. The van der Waals surface area contributed by atoms with Crippen molar-refractivity contribution in [2.24, 2.45) is 0 Å². The minimum absolute atomic E-state index is 0.0242. The number of fused-ring (bicyclic) bond motifs is 3. The normalized spacial score (nSPS) is 15.3. The molecule has 138 valence electrons. The third kappa shape index (κ3) is 2.86. The van der Waals surface area contributed by atoms with Gasteiger partial charge in [0.25, 0.3) is 0 Å². The Morgan fingerprint density at radius 2 is 1.62 bits per heavy atom. The summed E-state index contributed by atoms with van der Waals surface area (Å²) in [6.07, 6.45) is 1.61. The Kier molecular flexibility index (Phi) is 5.04. The summed E-state index contributed by atoms with van der Waals surface area (Å²) < 4.78 is 21.9. The summed E-state index contributed by atoms with van der Waals surface area (Å²) in [6, 6.07) is 7.16. The molecule has 26 heavy (non-hydrogen) atoms. The molecule has 3 rings (SSSR count). The van der Waals surface area contributed by atoms with E-state index in [2.05, 4.69) is 5.73 Å². The number of rotatable bonds is 4. The summed E-state index contributed by atoms with van der Waals surface area (Å²) in [6.45, 7) is 0. The molecule has 0 amide bonds. The number of quaternary nitrogens is 1. The lowest BCUT2D eigenvalue weighted by molar-refractivity contribution is -0.427. The Morgan fingerprint density at radius 1 is 0.923 bits per heavy atom. The van der Waals surface area contributed by atoms with Crippen LogP contribution in [0.3, 0.4) is 0 Å². The van der Waals surface area contributed by atoms with Crippen molar-refractivity contribution in [2.45, 2.75) is 18.9 Å². The first-order valence-electron chi connectivity index (χ1n) is 8.43. The molecule has 1 atom stereocenters. The molecule has 0 saturated heterocycles. The van der Waals surface area contributed by atoms with E-state index >= 15 is 0 Å². The lowest BCUT2D eigenvalue weighted by Crippen LogP contribution is -2.53. The van der Waals surface area contributed by atoms with E-state index in [-0.39, 0.29) is 11.5 Å². The number of methoxy groups -OCH3 is 4. The lowest BCUT2D eigenvalue weighted by atomic mass is 9.95. The van der Waals surface area contributed by atoms with Crippen molar-refractivity contribution >= 4 is 0 Å². The fourth-order valence-electron chi connectivity index (χ4n) is 3.55. The highest BCUT2D eigenvalue weighted by Crippen LogP contribution is 2.49. The lowest BCUT2D eigenvalue weighted by Gasteiger charge is -2.19. The Morgan fingerprint density at radius 3 is 2.23 bits per heavy atom. The van der Waals surface area contributed by atoms with Crippen LogP contribution in [0, 0.1) is 0 Å². The van der Waals surface area contributed by atoms with Gasteiger partial charge in [-0.1, -0.05) is 0 Å². The zero-order valence-corrected chi connectivity index (χ0v) is 15.5. The Labute approximate surface area is 152 Å². The van der Waals surface area contributed by atoms with Gasteiger partial charge >= 0.3 is 0 Å². The molecule has 2 aromatic rings. The maximum atomic E-state index is 12.4. The van der Waals surface area contributed by atoms with Crippen LogP contribution in [0.4, 0.5) is 0 Å². The molecule has 1 aliphatic carbocycles. The van der Waals surface area contributed by atoms with Gasteiger partial charge in [-0.3, -0.25) is 4.79 Å². The number of hydrogen-bond acceptors (Lipinski definition) is 5. The van der Waals surface area contributed by atoms with E-state index in [9.17, 15) is 4.79 Å². The highest BCUT2D eigenvalue weighted by Gasteiger charge is 2.29. The van der Waals surface area contributed by atoms with Gasteiger partial charge in [0.2, 0.25) is 11.2 Å². The average Bonchev–Trinajstić information content (AvgIpc) is 2.89. The fraction of sp³-hybridized carbons (Fsp3) is 0.350. The Bertz CT molecular complexity index is 894. The fourth-order valence-corrected chi connectivity index (χ4v) is 3.55. The van der Waals surface area contributed by atoms with Crippen molar-refractivity contribution in [3.63, 3.8) is 0 Å². The summed E-state index contributed by atoms with van der Waals surface area (Å²) in [5, 5.41) is 0. The molecule has 0 aromatic heterocycles. The third-order valence-corrected chi connectivity index (χ3v) is 4.84. The molecule has 6 nitrogen and oxygen atoms in total. The van der Waals surface area contributed by atoms with Gasteiger partial charge in [0.05, 0.1) is 28.4 Å². The van der Waals surface area contributed by atoms with Crippen LogP contribution in [-0.4, -0.2) is 28.4 Å². The van der Waals surface area contributed by atoms with Crippen LogP contribution in [0.2, 0.25) is 0 Å². The standard InChI is InChI=1S/C20H23NO5/c1-23-16-8-6-12-13(10-15(16)22)14(21)7-5-11-9-17(24-2)19(25-3)20(26-4)18(11)12/h6,8-10,14H,5,7,21H2,1-4H3/p+1/t14-/m0/s1. The van der Waals surface area contributed by atoms with E-state index in [0.29, 0.717) is 23.0 Å². The molecule has 0 unspecified atom stereocenters. The smallest absolute Gasteiger partial charge is 0.220 e. The molecule has 0 radical (unpaired) electrons. The molecule has 0 spiro atoms. The van der Waals surface area contributed by atoms with Gasteiger partial charge in [-0.2, -0.15) is 0 Å². The molecule has 6 heteroatoms. The second kappa shape index (κ2) is 7.25. The van der Waals surface area contributed by atoms with Gasteiger partial charge in [-0.05, 0) is 41.8 Å². The van der Waals surface area contributed by atoms with Gasteiger partial charge < -0.3 is 24.7 Å². The first-order valence-corrected chi connectivity index (χ1v) is 8.43. The van der Waals surface area contributed by atoms with Crippen LogP contribution in [0.25, 0.3) is 11.1 Å². The summed E-state index contributed by atoms with van der Waals surface area (Å²) in [7, 11) is 6.28. The summed E-state index contributed by atoms with van der Waals surface area (Å²) >= 11 is 0. The maximum absolute atomic E-state index is 12.4. The molecule has 2 aromatic carbocycles. The average molecular weight is 358 g/mol. The Balaban J connectivity index is 2.43. The third-order valence-electron chi connectivity index (χ3n) is 4.84. The first-order chi connectivity index (χ1) is 12.5. The van der Waals surface area contributed by atoms with Crippen molar-refractivity contribution in [1.82, 2.24) is 0 Å². The van der Waals surface area contributed by atoms with Crippen LogP contribution in [0.5, 0.6) is 23.0 Å². The van der Waals surface area contributed by atoms with E-state index < -0.39 is 0 Å². The van der Waals surface area contributed by atoms with Crippen molar-refractivity contribution < 1.29 is 24.7 Å². The Hall–Kier alpha value is -2.73. The monoisotopic (exact) mass is 358 g/mol. The predicted molar refractivity (Wildman–Crippen MR) is 98.3 cm³/mol. The maximum Gasteiger partial charge on any atom is 0.220 e. The van der Waals surface area contributed by atoms with Gasteiger partial charge in [-0.15, -0.1) is 0 Å². The van der Waals surface area contributed by atoms with Crippen LogP contribution in [0.1, 0.15) is 23.6 Å². The number of ether oxygens (including phenoxy) is 4. The predicted octanol–water partition coefficient (Wildman–Crippen LogP) is 1.98.